The van der Waals surface area contributed by atoms with Gasteiger partial charge in [-0.2, -0.15) is 0 Å². The Morgan fingerprint density at radius 1 is 1.50 bits per heavy atom. The number of nitrogens with zero attached hydrogens (tertiary/aromatic N) is 1. The van der Waals surface area contributed by atoms with Crippen molar-refractivity contribution in [3.05, 3.63) is 33.3 Å². The highest BCUT2D eigenvalue weighted by Gasteiger charge is 2.64. The molecule has 1 spiro atoms. The number of likely N-dealkylation sites (tertiary alicyclic amines) is 1. The van der Waals surface area contributed by atoms with Crippen molar-refractivity contribution in [2.45, 2.75) is 30.4 Å². The second kappa shape index (κ2) is 3.95. The third-order valence-electron chi connectivity index (χ3n) is 5.87. The second-order valence-electron chi connectivity index (χ2n) is 6.67. The zero-order valence-electron chi connectivity index (χ0n) is 12.5. The highest BCUT2D eigenvalue weighted by atomic mass is 79.9. The third kappa shape index (κ3) is 1.24. The van der Waals surface area contributed by atoms with Gasteiger partial charge in [0.05, 0.1) is 12.5 Å². The molecule has 3 atom stereocenters. The molecule has 2 heterocycles. The van der Waals surface area contributed by atoms with Crippen LogP contribution < -0.4 is 9.47 Å². The molecule has 4 aliphatic rings. The maximum absolute atomic E-state index is 12.6. The minimum absolute atomic E-state index is 0.109. The van der Waals surface area contributed by atoms with Crippen molar-refractivity contribution >= 4 is 21.7 Å². The van der Waals surface area contributed by atoms with E-state index in [1.807, 2.05) is 12.1 Å². The molecule has 22 heavy (non-hydrogen) atoms. The fourth-order valence-corrected chi connectivity index (χ4v) is 5.46. The summed E-state index contributed by atoms with van der Waals surface area (Å²) < 4.78 is 12.7. The maximum Gasteiger partial charge on any atom is 0.197 e. The quantitative estimate of drug-likeness (QED) is 0.768. The molecular weight excluding hydrogens is 346 g/mol. The number of ketones is 1. The van der Waals surface area contributed by atoms with E-state index in [1.54, 1.807) is 7.11 Å². The van der Waals surface area contributed by atoms with E-state index in [2.05, 4.69) is 27.9 Å². The molecule has 1 saturated heterocycles. The molecular formula is C17H16BrNO3. The van der Waals surface area contributed by atoms with E-state index in [1.165, 1.54) is 16.7 Å². The largest absolute Gasteiger partial charge is 0.493 e. The zero-order chi connectivity index (χ0) is 15.2. The van der Waals surface area contributed by atoms with Crippen LogP contribution in [0.5, 0.6) is 11.5 Å². The molecule has 0 radical (unpaired) electrons. The molecule has 2 bridgehead atoms. The molecule has 0 unspecified atom stereocenters. The van der Waals surface area contributed by atoms with Gasteiger partial charge in [-0.15, -0.1) is 0 Å². The summed E-state index contributed by atoms with van der Waals surface area (Å²) in [4.78, 5) is 14.9. The number of halogens is 1. The van der Waals surface area contributed by atoms with Gasteiger partial charge in [0.25, 0.3) is 0 Å². The van der Waals surface area contributed by atoms with Gasteiger partial charge in [-0.1, -0.05) is 15.9 Å². The van der Waals surface area contributed by atoms with Crippen LogP contribution in [-0.4, -0.2) is 43.5 Å². The van der Waals surface area contributed by atoms with Gasteiger partial charge >= 0.3 is 0 Å². The van der Waals surface area contributed by atoms with Gasteiger partial charge in [0, 0.05) is 16.1 Å². The number of piperidine rings is 1. The summed E-state index contributed by atoms with van der Waals surface area (Å²) in [6, 6.07) is 2.27. The molecule has 114 valence electrons. The lowest BCUT2D eigenvalue weighted by Gasteiger charge is -2.49. The zero-order valence-corrected chi connectivity index (χ0v) is 14.1. The van der Waals surface area contributed by atoms with Crippen molar-refractivity contribution in [1.29, 1.82) is 0 Å². The van der Waals surface area contributed by atoms with Crippen molar-refractivity contribution in [3.8, 4) is 11.5 Å². The molecule has 1 aromatic carbocycles. The van der Waals surface area contributed by atoms with Crippen molar-refractivity contribution < 1.29 is 14.3 Å². The van der Waals surface area contributed by atoms with Gasteiger partial charge in [0.15, 0.2) is 23.4 Å². The molecule has 5 heteroatoms. The SMILES string of the molecule is COc1cc(Br)c2c3c1O[C@H]1C(=O)C=C4[C@H](C2)N(C)CC[C@]431. The first-order chi connectivity index (χ1) is 10.6. The second-order valence-corrected chi connectivity index (χ2v) is 7.52. The number of hydrogen-bond acceptors (Lipinski definition) is 4. The molecule has 4 nitrogen and oxygen atoms in total. The molecule has 1 aromatic rings. The Morgan fingerprint density at radius 2 is 2.32 bits per heavy atom. The van der Waals surface area contributed by atoms with Crippen molar-refractivity contribution in [3.63, 3.8) is 0 Å². The van der Waals surface area contributed by atoms with E-state index in [-0.39, 0.29) is 11.2 Å². The first kappa shape index (κ1) is 13.1. The average molecular weight is 362 g/mol. The predicted octanol–water partition coefficient (Wildman–Crippen LogP) is 2.23. The smallest absolute Gasteiger partial charge is 0.197 e. The standard InChI is InChI=1S/C17H16BrNO3/c1-19-4-3-17-9-6-12(20)16(17)22-15-13(21-2)7-10(18)8(14(15)17)5-11(9)19/h6-7,11,16H,3-5H2,1-2H3/t11-,16-,17-/m0/s1. The van der Waals surface area contributed by atoms with Crippen LogP contribution in [0.15, 0.2) is 22.2 Å². The summed E-state index contributed by atoms with van der Waals surface area (Å²) in [5.41, 5.74) is 3.48. The van der Waals surface area contributed by atoms with E-state index in [9.17, 15) is 4.79 Å². The maximum atomic E-state index is 12.6. The van der Waals surface area contributed by atoms with Crippen LogP contribution in [0.3, 0.4) is 0 Å². The van der Waals surface area contributed by atoms with Crippen LogP contribution >= 0.6 is 15.9 Å². The van der Waals surface area contributed by atoms with E-state index in [4.69, 9.17) is 9.47 Å². The molecule has 0 saturated carbocycles. The van der Waals surface area contributed by atoms with Crippen LogP contribution in [0.1, 0.15) is 17.5 Å². The lowest BCUT2D eigenvalue weighted by Crippen LogP contribution is -2.55. The minimum Gasteiger partial charge on any atom is -0.493 e. The van der Waals surface area contributed by atoms with Gasteiger partial charge in [-0.25, -0.2) is 0 Å². The summed E-state index contributed by atoms with van der Waals surface area (Å²) in [5, 5.41) is 0. The Bertz CT molecular complexity index is 772. The van der Waals surface area contributed by atoms with E-state index < -0.39 is 6.10 Å². The van der Waals surface area contributed by atoms with Crippen molar-refractivity contribution in [1.82, 2.24) is 4.90 Å². The number of likely N-dealkylation sites (N-methyl/N-ethyl adjacent to an activating group) is 1. The lowest BCUT2D eigenvalue weighted by molar-refractivity contribution is -0.121. The van der Waals surface area contributed by atoms with E-state index in [0.29, 0.717) is 6.04 Å². The summed E-state index contributed by atoms with van der Waals surface area (Å²) in [7, 11) is 3.80. The molecule has 0 amide bonds. The predicted molar refractivity (Wildman–Crippen MR) is 84.6 cm³/mol. The Labute approximate surface area is 137 Å². The highest BCUT2D eigenvalue weighted by Crippen LogP contribution is 2.63. The van der Waals surface area contributed by atoms with E-state index in [0.717, 1.165) is 35.4 Å². The van der Waals surface area contributed by atoms with Gasteiger partial charge in [-0.05, 0) is 49.7 Å². The summed E-state index contributed by atoms with van der Waals surface area (Å²) in [5.74, 6) is 1.61. The first-order valence-electron chi connectivity index (χ1n) is 7.60. The molecule has 2 aliphatic heterocycles. The Balaban J connectivity index is 1.89. The number of hydrogen-bond donors (Lipinski definition) is 0. The first-order valence-corrected chi connectivity index (χ1v) is 8.40. The monoisotopic (exact) mass is 361 g/mol. The third-order valence-corrected chi connectivity index (χ3v) is 6.57. The lowest BCUT2D eigenvalue weighted by atomic mass is 9.61. The Morgan fingerprint density at radius 3 is 3.09 bits per heavy atom. The number of methoxy groups -OCH3 is 1. The molecule has 5 rings (SSSR count). The number of carbonyl (C=O) groups is 1. The number of rotatable bonds is 1. The Kier molecular flexibility index (Phi) is 2.36. The van der Waals surface area contributed by atoms with Crippen molar-refractivity contribution in [2.24, 2.45) is 0 Å². The molecule has 1 fully saturated rings. The molecule has 0 N–H and O–H groups in total. The van der Waals surface area contributed by atoms with Crippen LogP contribution in [0, 0.1) is 0 Å². The van der Waals surface area contributed by atoms with Crippen LogP contribution in [-0.2, 0) is 16.6 Å². The highest BCUT2D eigenvalue weighted by molar-refractivity contribution is 9.10. The van der Waals surface area contributed by atoms with E-state index >= 15 is 0 Å². The normalized spacial score (nSPS) is 34.3. The van der Waals surface area contributed by atoms with Crippen LogP contribution in [0.25, 0.3) is 0 Å². The molecule has 0 aromatic heterocycles. The minimum atomic E-state index is -0.393. The summed E-state index contributed by atoms with van der Waals surface area (Å²) in [6.07, 6.45) is 3.31. The average Bonchev–Trinajstić information content (AvgIpc) is 2.98. The van der Waals surface area contributed by atoms with Gasteiger partial charge in [0.1, 0.15) is 0 Å². The van der Waals surface area contributed by atoms with Gasteiger partial charge < -0.3 is 9.47 Å². The molecule has 2 aliphatic carbocycles. The van der Waals surface area contributed by atoms with Crippen LogP contribution in [0.4, 0.5) is 0 Å². The topological polar surface area (TPSA) is 38.8 Å². The summed E-state index contributed by atoms with van der Waals surface area (Å²) in [6.45, 7) is 0.989. The number of carbonyl (C=O) groups excluding carboxylic acids is 1. The van der Waals surface area contributed by atoms with Crippen LogP contribution in [0.2, 0.25) is 0 Å². The summed E-state index contributed by atoms with van der Waals surface area (Å²) >= 11 is 3.70. The number of benzene rings is 1. The van der Waals surface area contributed by atoms with Crippen molar-refractivity contribution in [2.75, 3.05) is 20.7 Å². The van der Waals surface area contributed by atoms with Gasteiger partial charge in [0.2, 0.25) is 0 Å². The fraction of sp³-hybridized carbons (Fsp3) is 0.471. The fourth-order valence-electron chi connectivity index (χ4n) is 4.89. The Hall–Kier alpha value is -1.33. The number of ether oxygens (including phenoxy) is 2. The van der Waals surface area contributed by atoms with Gasteiger partial charge in [-0.3, -0.25) is 9.69 Å².